The molecule has 1 heterocycles. The summed E-state index contributed by atoms with van der Waals surface area (Å²) in [5.41, 5.74) is 11.9. The molecule has 0 aromatic heterocycles. The van der Waals surface area contributed by atoms with Crippen LogP contribution in [0.2, 0.25) is 0 Å². The van der Waals surface area contributed by atoms with Gasteiger partial charge in [0.15, 0.2) is 0 Å². The number of nitrogens with zero attached hydrogens (tertiary/aromatic N) is 1. The van der Waals surface area contributed by atoms with E-state index in [1.54, 1.807) is 0 Å². The van der Waals surface area contributed by atoms with Gasteiger partial charge in [-0.15, -0.1) is 0 Å². The van der Waals surface area contributed by atoms with Crippen molar-refractivity contribution in [3.05, 3.63) is 34.4 Å². The molecule has 2 rings (SSSR count). The van der Waals surface area contributed by atoms with Crippen LogP contribution in [0.4, 0.5) is 0 Å². The Hall–Kier alpha value is -0.860. The van der Waals surface area contributed by atoms with Gasteiger partial charge in [-0.05, 0) is 63.3 Å². The van der Waals surface area contributed by atoms with Gasteiger partial charge in [0.1, 0.15) is 0 Å². The fourth-order valence-corrected chi connectivity index (χ4v) is 4.18. The largest absolute Gasteiger partial charge is 0.329 e. The van der Waals surface area contributed by atoms with Gasteiger partial charge in [0.25, 0.3) is 0 Å². The van der Waals surface area contributed by atoms with Crippen LogP contribution >= 0.6 is 0 Å². The fraction of sp³-hybridized carbons (Fsp3) is 0.684. The number of aryl methyl sites for hydroxylation is 3. The molecule has 1 aliphatic heterocycles. The number of rotatable bonds is 4. The molecule has 1 aromatic rings. The first-order chi connectivity index (χ1) is 10.1. The lowest BCUT2D eigenvalue weighted by molar-refractivity contribution is 0.135. The molecule has 1 aromatic carbocycles. The van der Waals surface area contributed by atoms with Gasteiger partial charge in [-0.2, -0.15) is 0 Å². The van der Waals surface area contributed by atoms with Crippen LogP contribution < -0.4 is 5.73 Å². The third-order valence-corrected chi connectivity index (χ3v) is 5.09. The van der Waals surface area contributed by atoms with E-state index in [1.165, 1.54) is 60.9 Å². The van der Waals surface area contributed by atoms with Gasteiger partial charge in [0.2, 0.25) is 0 Å². The minimum atomic E-state index is 0.383. The van der Waals surface area contributed by atoms with E-state index in [1.807, 2.05) is 0 Å². The molecule has 0 saturated carbocycles. The number of likely N-dealkylation sites (tertiary alicyclic amines) is 1. The zero-order valence-electron chi connectivity index (χ0n) is 14.3. The van der Waals surface area contributed by atoms with Gasteiger partial charge in [-0.25, -0.2) is 0 Å². The van der Waals surface area contributed by atoms with Crippen molar-refractivity contribution in [2.75, 3.05) is 13.1 Å². The molecule has 2 nitrogen and oxygen atoms in total. The Morgan fingerprint density at radius 2 is 1.81 bits per heavy atom. The third-order valence-electron chi connectivity index (χ3n) is 5.09. The topological polar surface area (TPSA) is 29.3 Å². The molecule has 0 aliphatic carbocycles. The highest BCUT2D eigenvalue weighted by Crippen LogP contribution is 2.32. The second-order valence-electron chi connectivity index (χ2n) is 6.71. The maximum atomic E-state index is 6.24. The quantitative estimate of drug-likeness (QED) is 0.896. The van der Waals surface area contributed by atoms with E-state index in [0.29, 0.717) is 12.1 Å². The van der Waals surface area contributed by atoms with Crippen molar-refractivity contribution in [1.29, 1.82) is 0 Å². The fourth-order valence-electron chi connectivity index (χ4n) is 4.18. The maximum absolute atomic E-state index is 6.24. The summed E-state index contributed by atoms with van der Waals surface area (Å²) in [6, 6.07) is 5.70. The van der Waals surface area contributed by atoms with E-state index in [0.717, 1.165) is 6.54 Å². The van der Waals surface area contributed by atoms with Crippen molar-refractivity contribution in [2.24, 2.45) is 5.73 Å². The highest BCUT2D eigenvalue weighted by atomic mass is 15.2. The van der Waals surface area contributed by atoms with E-state index < -0.39 is 0 Å². The first-order valence-corrected chi connectivity index (χ1v) is 8.62. The number of benzene rings is 1. The molecule has 2 heteroatoms. The predicted octanol–water partition coefficient (Wildman–Crippen LogP) is 4.27. The zero-order valence-corrected chi connectivity index (χ0v) is 14.3. The molecule has 118 valence electrons. The molecule has 2 atom stereocenters. The molecule has 1 saturated heterocycles. The van der Waals surface area contributed by atoms with Crippen molar-refractivity contribution >= 4 is 0 Å². The predicted molar refractivity (Wildman–Crippen MR) is 91.7 cm³/mol. The number of hydrogen-bond acceptors (Lipinski definition) is 2. The Labute approximate surface area is 130 Å². The molecule has 0 bridgehead atoms. The van der Waals surface area contributed by atoms with Crippen molar-refractivity contribution in [2.45, 2.75) is 71.9 Å². The normalized spacial score (nSPS) is 22.0. The summed E-state index contributed by atoms with van der Waals surface area (Å²) in [5.74, 6) is 0. The van der Waals surface area contributed by atoms with E-state index in [-0.39, 0.29) is 0 Å². The van der Waals surface area contributed by atoms with E-state index in [9.17, 15) is 0 Å². The average molecular weight is 288 g/mol. The molecular formula is C19H32N2. The Morgan fingerprint density at radius 1 is 1.14 bits per heavy atom. The molecular weight excluding hydrogens is 256 g/mol. The molecule has 21 heavy (non-hydrogen) atoms. The van der Waals surface area contributed by atoms with Gasteiger partial charge in [-0.3, -0.25) is 4.90 Å². The van der Waals surface area contributed by atoms with Crippen molar-refractivity contribution in [1.82, 2.24) is 4.90 Å². The lowest BCUT2D eigenvalue weighted by atomic mass is 9.91. The summed E-state index contributed by atoms with van der Waals surface area (Å²) in [7, 11) is 0. The second-order valence-corrected chi connectivity index (χ2v) is 6.71. The summed E-state index contributed by atoms with van der Waals surface area (Å²) < 4.78 is 0. The summed E-state index contributed by atoms with van der Waals surface area (Å²) in [5, 5.41) is 0. The minimum Gasteiger partial charge on any atom is -0.329 e. The molecule has 0 radical (unpaired) electrons. The highest BCUT2D eigenvalue weighted by molar-refractivity contribution is 5.40. The van der Waals surface area contributed by atoms with Crippen LogP contribution in [0.1, 0.15) is 67.3 Å². The SMILES string of the molecule is CCC1CCCCCN1C(CN)c1c(C)cc(C)cc1C. The van der Waals surface area contributed by atoms with Crippen LogP contribution in [0, 0.1) is 20.8 Å². The average Bonchev–Trinajstić information content (AvgIpc) is 2.67. The van der Waals surface area contributed by atoms with E-state index >= 15 is 0 Å². The Kier molecular flexibility index (Phi) is 5.83. The van der Waals surface area contributed by atoms with Gasteiger partial charge in [0.05, 0.1) is 0 Å². The van der Waals surface area contributed by atoms with Crippen LogP contribution in [0.15, 0.2) is 12.1 Å². The lowest BCUT2D eigenvalue weighted by Gasteiger charge is -2.38. The molecule has 0 spiro atoms. The Morgan fingerprint density at radius 3 is 2.38 bits per heavy atom. The second kappa shape index (κ2) is 7.42. The highest BCUT2D eigenvalue weighted by Gasteiger charge is 2.28. The lowest BCUT2D eigenvalue weighted by Crippen LogP contribution is -2.41. The molecule has 0 amide bonds. The minimum absolute atomic E-state index is 0.383. The molecule has 1 fully saturated rings. The number of hydrogen-bond donors (Lipinski definition) is 1. The van der Waals surface area contributed by atoms with Crippen molar-refractivity contribution in [3.8, 4) is 0 Å². The zero-order chi connectivity index (χ0) is 15.4. The first kappa shape index (κ1) is 16.5. The van der Waals surface area contributed by atoms with Crippen LogP contribution in [0.5, 0.6) is 0 Å². The van der Waals surface area contributed by atoms with Crippen LogP contribution in [-0.4, -0.2) is 24.0 Å². The maximum Gasteiger partial charge on any atom is 0.0478 e. The van der Waals surface area contributed by atoms with Crippen molar-refractivity contribution in [3.63, 3.8) is 0 Å². The van der Waals surface area contributed by atoms with Crippen LogP contribution in [0.3, 0.4) is 0 Å². The smallest absolute Gasteiger partial charge is 0.0478 e. The number of nitrogens with two attached hydrogens (primary N) is 1. The summed E-state index contributed by atoms with van der Waals surface area (Å²) in [6.45, 7) is 10.9. The van der Waals surface area contributed by atoms with Gasteiger partial charge < -0.3 is 5.73 Å². The van der Waals surface area contributed by atoms with Crippen LogP contribution in [-0.2, 0) is 0 Å². The van der Waals surface area contributed by atoms with E-state index in [2.05, 4.69) is 44.7 Å². The van der Waals surface area contributed by atoms with E-state index in [4.69, 9.17) is 5.73 Å². The van der Waals surface area contributed by atoms with Gasteiger partial charge >= 0.3 is 0 Å². The van der Waals surface area contributed by atoms with Gasteiger partial charge in [0, 0.05) is 18.6 Å². The van der Waals surface area contributed by atoms with Crippen LogP contribution in [0.25, 0.3) is 0 Å². The molecule has 2 N–H and O–H groups in total. The summed E-state index contributed by atoms with van der Waals surface area (Å²) in [4.78, 5) is 2.71. The molecule has 1 aliphatic rings. The summed E-state index contributed by atoms with van der Waals surface area (Å²) >= 11 is 0. The molecule has 2 unspecified atom stereocenters. The first-order valence-electron chi connectivity index (χ1n) is 8.62. The summed E-state index contributed by atoms with van der Waals surface area (Å²) in [6.07, 6.45) is 6.63. The Bertz CT molecular complexity index is 444. The van der Waals surface area contributed by atoms with Gasteiger partial charge in [-0.1, -0.05) is 37.5 Å². The van der Waals surface area contributed by atoms with Crippen molar-refractivity contribution < 1.29 is 0 Å². The standard InChI is InChI=1S/C19H32N2/c1-5-17-9-7-6-8-10-21(17)18(13-20)19-15(3)11-14(2)12-16(19)4/h11-12,17-18H,5-10,13,20H2,1-4H3. The monoisotopic (exact) mass is 288 g/mol. The third kappa shape index (κ3) is 3.67. The Balaban J connectivity index is 2.38.